The molecule has 2 heterocycles. The minimum Gasteiger partial charge on any atom is -0.383 e. The van der Waals surface area contributed by atoms with E-state index in [9.17, 15) is 13.2 Å². The Balaban J connectivity index is 2.09. The first kappa shape index (κ1) is 17.7. The second kappa shape index (κ2) is 6.49. The first-order valence-electron chi connectivity index (χ1n) is 8.09. The zero-order valence-electron chi connectivity index (χ0n) is 13.8. The number of fused-ring (bicyclic) bond motifs is 1. The molecule has 0 bridgehead atoms. The van der Waals surface area contributed by atoms with Gasteiger partial charge in [-0.3, -0.25) is 4.98 Å². The average Bonchev–Trinajstić information content (AvgIpc) is 2.97. The first-order valence-corrected chi connectivity index (χ1v) is 8.88. The van der Waals surface area contributed by atoms with Gasteiger partial charge in [-0.15, -0.1) is 0 Å². The van der Waals surface area contributed by atoms with Crippen molar-refractivity contribution in [3.63, 3.8) is 0 Å². The summed E-state index contributed by atoms with van der Waals surface area (Å²) in [5, 5.41) is 0. The first-order chi connectivity index (χ1) is 12.9. The van der Waals surface area contributed by atoms with E-state index < -0.39 is 17.8 Å². The molecule has 0 unspecified atom stereocenters. The lowest BCUT2D eigenvalue weighted by Crippen LogP contribution is -2.26. The van der Waals surface area contributed by atoms with E-state index in [0.29, 0.717) is 16.7 Å². The zero-order valence-corrected chi connectivity index (χ0v) is 15.4. The minimum absolute atomic E-state index is 0.0264. The molecule has 0 saturated heterocycles. The molecule has 0 aliphatic carbocycles. The lowest BCUT2D eigenvalue weighted by Gasteiger charge is -2.29. The smallest absolute Gasteiger partial charge is 0.280 e. The van der Waals surface area contributed by atoms with E-state index in [1.165, 1.54) is 18.3 Å². The molecule has 3 nitrogen and oxygen atoms in total. The normalized spacial score (nSPS) is 18.5. The summed E-state index contributed by atoms with van der Waals surface area (Å²) in [7, 11) is 0. The van der Waals surface area contributed by atoms with E-state index >= 15 is 0 Å². The van der Waals surface area contributed by atoms with Crippen molar-refractivity contribution in [2.75, 3.05) is 0 Å². The number of pyridine rings is 1. The second-order valence-corrected chi connectivity index (χ2v) is 7.07. The summed E-state index contributed by atoms with van der Waals surface area (Å²) >= 11 is 3.43. The summed E-state index contributed by atoms with van der Waals surface area (Å²) in [6.07, 6.45) is -1.43. The molecule has 4 rings (SSSR count). The summed E-state index contributed by atoms with van der Waals surface area (Å²) in [4.78, 5) is 8.32. The lowest BCUT2D eigenvalue weighted by atomic mass is 9.77. The Morgan fingerprint density at radius 2 is 1.74 bits per heavy atom. The van der Waals surface area contributed by atoms with E-state index in [4.69, 9.17) is 5.73 Å². The number of hydrogen-bond donors (Lipinski definition) is 1. The Morgan fingerprint density at radius 1 is 1.00 bits per heavy atom. The third-order valence-corrected chi connectivity index (χ3v) is 5.11. The van der Waals surface area contributed by atoms with Crippen LogP contribution in [0.1, 0.15) is 34.4 Å². The molecule has 0 spiro atoms. The maximum Gasteiger partial charge on any atom is 0.280 e. The molecule has 27 heavy (non-hydrogen) atoms. The van der Waals surface area contributed by atoms with Gasteiger partial charge in [-0.2, -0.15) is 0 Å². The van der Waals surface area contributed by atoms with Crippen LogP contribution in [0.15, 0.2) is 70.3 Å². The summed E-state index contributed by atoms with van der Waals surface area (Å²) in [6.45, 7) is 0. The van der Waals surface area contributed by atoms with E-state index in [1.54, 1.807) is 24.3 Å². The number of aromatic nitrogens is 1. The van der Waals surface area contributed by atoms with Gasteiger partial charge in [0.1, 0.15) is 22.9 Å². The van der Waals surface area contributed by atoms with Gasteiger partial charge in [0.2, 0.25) is 0 Å². The van der Waals surface area contributed by atoms with Crippen molar-refractivity contribution in [1.82, 2.24) is 4.98 Å². The molecule has 1 atom stereocenters. The Morgan fingerprint density at radius 3 is 2.48 bits per heavy atom. The molecule has 1 aliphatic heterocycles. The van der Waals surface area contributed by atoms with Crippen molar-refractivity contribution in [3.8, 4) is 0 Å². The van der Waals surface area contributed by atoms with Crippen LogP contribution in [0.4, 0.5) is 13.2 Å². The maximum absolute atomic E-state index is 14.5. The number of nitrogens with zero attached hydrogens (tertiary/aromatic N) is 2. The number of aliphatic imine (C=N–C) groups is 1. The summed E-state index contributed by atoms with van der Waals surface area (Å²) < 4.78 is 41.8. The molecule has 0 amide bonds. The molecule has 1 aromatic heterocycles. The molecule has 3 aromatic rings. The number of amidine groups is 1. The van der Waals surface area contributed by atoms with Crippen LogP contribution >= 0.6 is 15.9 Å². The molecule has 0 fully saturated rings. The minimum atomic E-state index is -2.74. The topological polar surface area (TPSA) is 51.3 Å². The van der Waals surface area contributed by atoms with E-state index in [2.05, 4.69) is 25.9 Å². The molecule has 2 aromatic carbocycles. The van der Waals surface area contributed by atoms with Gasteiger partial charge in [-0.1, -0.05) is 40.2 Å². The molecule has 7 heteroatoms. The van der Waals surface area contributed by atoms with Gasteiger partial charge < -0.3 is 5.73 Å². The summed E-state index contributed by atoms with van der Waals surface area (Å²) in [6, 6.07) is 14.7. The fourth-order valence-electron chi connectivity index (χ4n) is 3.50. The average molecular weight is 432 g/mol. The largest absolute Gasteiger partial charge is 0.383 e. The maximum atomic E-state index is 14.5. The highest BCUT2D eigenvalue weighted by Crippen LogP contribution is 2.47. The summed E-state index contributed by atoms with van der Waals surface area (Å²) in [5.74, 6) is -0.479. The third kappa shape index (κ3) is 2.73. The monoisotopic (exact) mass is 431 g/mol. The highest BCUT2D eigenvalue weighted by atomic mass is 79.9. The SMILES string of the molecule is NC1=N[C@@](c2cccc(Br)c2)(c2ccnc(C(F)F)c2)c2cccc(F)c21. The van der Waals surface area contributed by atoms with Gasteiger partial charge in [0.05, 0.1) is 5.56 Å². The van der Waals surface area contributed by atoms with Gasteiger partial charge in [0, 0.05) is 16.2 Å². The number of benzene rings is 2. The van der Waals surface area contributed by atoms with Crippen molar-refractivity contribution >= 4 is 21.8 Å². The van der Waals surface area contributed by atoms with Crippen LogP contribution in [-0.4, -0.2) is 10.8 Å². The van der Waals surface area contributed by atoms with E-state index in [1.807, 2.05) is 18.2 Å². The van der Waals surface area contributed by atoms with Gasteiger partial charge in [-0.25, -0.2) is 18.2 Å². The summed E-state index contributed by atoms with van der Waals surface area (Å²) in [5.41, 5.74) is 6.27. The molecule has 1 aliphatic rings. The van der Waals surface area contributed by atoms with Gasteiger partial charge >= 0.3 is 0 Å². The van der Waals surface area contributed by atoms with Crippen LogP contribution in [0.2, 0.25) is 0 Å². The van der Waals surface area contributed by atoms with Gasteiger partial charge in [0.25, 0.3) is 6.43 Å². The predicted octanol–water partition coefficient (Wildman–Crippen LogP) is 4.93. The van der Waals surface area contributed by atoms with Crippen LogP contribution in [0.5, 0.6) is 0 Å². The molecule has 0 radical (unpaired) electrons. The Kier molecular flexibility index (Phi) is 4.26. The second-order valence-electron chi connectivity index (χ2n) is 6.15. The highest BCUT2D eigenvalue weighted by molar-refractivity contribution is 9.10. The number of nitrogens with two attached hydrogens (primary N) is 1. The number of rotatable bonds is 3. The highest BCUT2D eigenvalue weighted by Gasteiger charge is 2.44. The molecule has 0 saturated carbocycles. The van der Waals surface area contributed by atoms with Crippen molar-refractivity contribution in [3.05, 3.63) is 99.0 Å². The van der Waals surface area contributed by atoms with Crippen molar-refractivity contribution in [2.45, 2.75) is 12.0 Å². The van der Waals surface area contributed by atoms with Crippen LogP contribution in [0.3, 0.4) is 0 Å². The predicted molar refractivity (Wildman–Crippen MR) is 100 cm³/mol. The molecular formula is C20H13BrF3N3. The van der Waals surface area contributed by atoms with Crippen LogP contribution < -0.4 is 5.73 Å². The van der Waals surface area contributed by atoms with E-state index in [0.717, 1.165) is 4.47 Å². The molecule has 2 N–H and O–H groups in total. The Hall–Kier alpha value is -2.67. The Bertz CT molecular complexity index is 1070. The fourth-order valence-corrected chi connectivity index (χ4v) is 3.90. The third-order valence-electron chi connectivity index (χ3n) is 4.61. The van der Waals surface area contributed by atoms with Crippen molar-refractivity contribution in [2.24, 2.45) is 10.7 Å². The fraction of sp³-hybridized carbons (Fsp3) is 0.100. The number of halogens is 4. The van der Waals surface area contributed by atoms with E-state index in [-0.39, 0.29) is 17.1 Å². The van der Waals surface area contributed by atoms with Crippen molar-refractivity contribution < 1.29 is 13.2 Å². The van der Waals surface area contributed by atoms with Crippen molar-refractivity contribution in [1.29, 1.82) is 0 Å². The van der Waals surface area contributed by atoms with Crippen LogP contribution in [-0.2, 0) is 5.54 Å². The molecule has 136 valence electrons. The Labute approximate surface area is 161 Å². The standard InChI is InChI=1S/C20H13BrF3N3/c21-13-4-1-3-11(9-13)20(12-7-8-26-16(10-12)18(23)24)14-5-2-6-15(22)17(14)19(25)27-20/h1-10,18H,(H2,25,27)/t20-/m0/s1. The lowest BCUT2D eigenvalue weighted by molar-refractivity contribution is 0.146. The number of hydrogen-bond acceptors (Lipinski definition) is 3. The number of alkyl halides is 2. The van der Waals surface area contributed by atoms with Crippen LogP contribution in [0, 0.1) is 5.82 Å². The zero-order chi connectivity index (χ0) is 19.2. The quantitative estimate of drug-likeness (QED) is 0.638. The van der Waals surface area contributed by atoms with Crippen LogP contribution in [0.25, 0.3) is 0 Å². The molecular weight excluding hydrogens is 419 g/mol. The van der Waals surface area contributed by atoms with Gasteiger partial charge in [-0.05, 0) is 41.5 Å². The van der Waals surface area contributed by atoms with Gasteiger partial charge in [0.15, 0.2) is 0 Å².